The Bertz CT molecular complexity index is 542. The minimum atomic E-state index is -0.925. The molecule has 1 aromatic rings. The Balaban J connectivity index is 3.33. The van der Waals surface area contributed by atoms with Crippen LogP contribution in [-0.2, 0) is 4.74 Å². The predicted octanol–water partition coefficient (Wildman–Crippen LogP) is 1.65. The molecule has 9 heteroatoms. The summed E-state index contributed by atoms with van der Waals surface area (Å²) < 4.78 is 4.76. The first-order valence-corrected chi connectivity index (χ1v) is 5.27. The fourth-order valence-electron chi connectivity index (χ4n) is 1.32. The Morgan fingerprint density at radius 1 is 1.32 bits per heavy atom. The highest BCUT2D eigenvalue weighted by Crippen LogP contribution is 2.31. The molecule has 1 rings (SSSR count). The van der Waals surface area contributed by atoms with Crippen LogP contribution in [0.2, 0.25) is 0 Å². The average Bonchev–Trinajstić information content (AvgIpc) is 2.35. The molecule has 1 aromatic carbocycles. The predicted molar refractivity (Wildman–Crippen MR) is 64.7 cm³/mol. The topological polar surface area (TPSA) is 139 Å². The second kappa shape index (κ2) is 5.76. The molecular weight excluding hydrogens is 258 g/mol. The summed E-state index contributed by atoms with van der Waals surface area (Å²) in [7, 11) is 0. The molecule has 0 heterocycles. The summed E-state index contributed by atoms with van der Waals surface area (Å²) in [6.45, 7) is 1.85. The molecule has 0 spiro atoms. The summed E-state index contributed by atoms with van der Waals surface area (Å²) in [4.78, 5) is 31.3. The van der Waals surface area contributed by atoms with Gasteiger partial charge in [0.15, 0.2) is 0 Å². The zero-order valence-corrected chi connectivity index (χ0v) is 9.99. The highest BCUT2D eigenvalue weighted by molar-refractivity contribution is 5.98. The van der Waals surface area contributed by atoms with E-state index in [2.05, 4.69) is 0 Å². The second-order valence-corrected chi connectivity index (χ2v) is 3.58. The molecular formula is C10H11N3O6. The Morgan fingerprint density at radius 2 is 1.95 bits per heavy atom. The summed E-state index contributed by atoms with van der Waals surface area (Å²) in [5.41, 5.74) is 3.34. The molecule has 0 saturated carbocycles. The molecule has 0 radical (unpaired) electrons. The zero-order valence-electron chi connectivity index (χ0n) is 9.99. The van der Waals surface area contributed by atoms with Crippen molar-refractivity contribution in [3.8, 4) is 0 Å². The van der Waals surface area contributed by atoms with Crippen molar-refractivity contribution in [3.63, 3.8) is 0 Å². The number of esters is 1. The van der Waals surface area contributed by atoms with Gasteiger partial charge >= 0.3 is 5.97 Å². The summed E-state index contributed by atoms with van der Waals surface area (Å²) in [5.74, 6) is -0.925. The van der Waals surface area contributed by atoms with Crippen LogP contribution in [-0.4, -0.2) is 22.4 Å². The number of non-ortho nitro benzene ring substituents is 1. The van der Waals surface area contributed by atoms with Crippen LogP contribution in [0.25, 0.3) is 0 Å². The van der Waals surface area contributed by atoms with E-state index in [9.17, 15) is 25.0 Å². The van der Waals surface area contributed by atoms with E-state index in [0.717, 1.165) is 6.07 Å². The van der Waals surface area contributed by atoms with Crippen molar-refractivity contribution in [3.05, 3.63) is 37.9 Å². The Hall–Kier alpha value is -2.71. The Labute approximate surface area is 107 Å². The van der Waals surface area contributed by atoms with Crippen molar-refractivity contribution in [2.45, 2.75) is 13.3 Å². The molecule has 0 aliphatic rings. The fraction of sp³-hybridized carbons (Fsp3) is 0.300. The van der Waals surface area contributed by atoms with Crippen LogP contribution in [0, 0.1) is 20.2 Å². The number of benzene rings is 1. The van der Waals surface area contributed by atoms with E-state index < -0.39 is 32.9 Å². The number of hydrogen-bond donors (Lipinski definition) is 1. The van der Waals surface area contributed by atoms with Crippen LogP contribution in [0.3, 0.4) is 0 Å². The summed E-state index contributed by atoms with van der Waals surface area (Å²) in [6.07, 6.45) is 0.544. The van der Waals surface area contributed by atoms with Crippen LogP contribution in [0.4, 0.5) is 17.1 Å². The van der Waals surface area contributed by atoms with E-state index in [-0.39, 0.29) is 12.2 Å². The van der Waals surface area contributed by atoms with Crippen molar-refractivity contribution < 1.29 is 19.4 Å². The van der Waals surface area contributed by atoms with Gasteiger partial charge in [0.25, 0.3) is 11.4 Å². The monoisotopic (exact) mass is 269 g/mol. The van der Waals surface area contributed by atoms with E-state index in [0.29, 0.717) is 12.5 Å². The minimum absolute atomic E-state index is 0.0920. The molecule has 0 fully saturated rings. The van der Waals surface area contributed by atoms with E-state index in [1.165, 1.54) is 0 Å². The lowest BCUT2D eigenvalue weighted by Gasteiger charge is -2.06. The maximum absolute atomic E-state index is 11.6. The van der Waals surface area contributed by atoms with Crippen molar-refractivity contribution in [1.29, 1.82) is 0 Å². The van der Waals surface area contributed by atoms with Crippen LogP contribution >= 0.6 is 0 Å². The normalized spacial score (nSPS) is 9.95. The number of anilines is 1. The van der Waals surface area contributed by atoms with E-state index in [1.807, 2.05) is 0 Å². The maximum Gasteiger partial charge on any atom is 0.340 e. The first-order chi connectivity index (χ1) is 8.88. The van der Waals surface area contributed by atoms with Crippen LogP contribution in [0.1, 0.15) is 23.7 Å². The summed E-state index contributed by atoms with van der Waals surface area (Å²) in [6, 6.07) is 1.56. The number of nitrogens with zero attached hydrogens (tertiary/aromatic N) is 2. The van der Waals surface area contributed by atoms with Gasteiger partial charge in [-0.2, -0.15) is 0 Å². The van der Waals surface area contributed by atoms with E-state index in [4.69, 9.17) is 10.5 Å². The van der Waals surface area contributed by atoms with Crippen LogP contribution in [0.15, 0.2) is 12.1 Å². The Morgan fingerprint density at radius 3 is 2.42 bits per heavy atom. The van der Waals surface area contributed by atoms with Gasteiger partial charge in [-0.15, -0.1) is 0 Å². The Kier molecular flexibility index (Phi) is 4.35. The number of ether oxygens (including phenoxy) is 1. The molecule has 0 amide bonds. The molecule has 0 atom stereocenters. The fourth-order valence-corrected chi connectivity index (χ4v) is 1.32. The molecule has 0 aliphatic carbocycles. The quantitative estimate of drug-likeness (QED) is 0.371. The highest BCUT2D eigenvalue weighted by atomic mass is 16.6. The molecule has 0 aromatic heterocycles. The largest absolute Gasteiger partial charge is 0.462 e. The average molecular weight is 269 g/mol. The lowest BCUT2D eigenvalue weighted by atomic mass is 10.1. The van der Waals surface area contributed by atoms with Gasteiger partial charge in [0, 0.05) is 6.07 Å². The maximum atomic E-state index is 11.6. The number of carbonyl (C=O) groups excluding carboxylic acids is 1. The zero-order chi connectivity index (χ0) is 14.6. The molecule has 19 heavy (non-hydrogen) atoms. The van der Waals surface area contributed by atoms with Gasteiger partial charge < -0.3 is 10.5 Å². The molecule has 2 N–H and O–H groups in total. The van der Waals surface area contributed by atoms with E-state index in [1.54, 1.807) is 6.92 Å². The number of nitrogen functional groups attached to an aromatic ring is 1. The first kappa shape index (κ1) is 14.4. The number of nitro benzene ring substituents is 2. The van der Waals surface area contributed by atoms with Crippen LogP contribution < -0.4 is 5.73 Å². The number of carbonyl (C=O) groups is 1. The summed E-state index contributed by atoms with van der Waals surface area (Å²) in [5, 5.41) is 21.4. The number of rotatable bonds is 5. The van der Waals surface area contributed by atoms with Gasteiger partial charge in [-0.25, -0.2) is 4.79 Å². The third-order valence-corrected chi connectivity index (χ3v) is 2.21. The lowest BCUT2D eigenvalue weighted by molar-refractivity contribution is -0.393. The molecule has 0 aliphatic heterocycles. The molecule has 9 nitrogen and oxygen atoms in total. The van der Waals surface area contributed by atoms with Gasteiger partial charge in [-0.05, 0) is 6.42 Å². The number of nitrogens with two attached hydrogens (primary N) is 1. The summed E-state index contributed by atoms with van der Waals surface area (Å²) >= 11 is 0. The van der Waals surface area contributed by atoms with Crippen molar-refractivity contribution >= 4 is 23.0 Å². The highest BCUT2D eigenvalue weighted by Gasteiger charge is 2.26. The van der Waals surface area contributed by atoms with Gasteiger partial charge in [0.1, 0.15) is 5.69 Å². The first-order valence-electron chi connectivity index (χ1n) is 5.27. The van der Waals surface area contributed by atoms with Gasteiger partial charge in [0.2, 0.25) is 0 Å². The number of hydrogen-bond acceptors (Lipinski definition) is 7. The number of nitro groups is 2. The lowest BCUT2D eigenvalue weighted by Crippen LogP contribution is -2.11. The van der Waals surface area contributed by atoms with Crippen molar-refractivity contribution in [1.82, 2.24) is 0 Å². The van der Waals surface area contributed by atoms with E-state index >= 15 is 0 Å². The third-order valence-electron chi connectivity index (χ3n) is 2.21. The van der Waals surface area contributed by atoms with Gasteiger partial charge in [-0.3, -0.25) is 20.2 Å². The van der Waals surface area contributed by atoms with Crippen molar-refractivity contribution in [2.75, 3.05) is 12.3 Å². The van der Waals surface area contributed by atoms with Crippen molar-refractivity contribution in [2.24, 2.45) is 0 Å². The van der Waals surface area contributed by atoms with Gasteiger partial charge in [-0.1, -0.05) is 6.92 Å². The molecule has 0 bridgehead atoms. The van der Waals surface area contributed by atoms with Gasteiger partial charge in [0.05, 0.1) is 28.1 Å². The molecule has 0 unspecified atom stereocenters. The third kappa shape index (κ3) is 3.15. The SMILES string of the molecule is CCCOC(=O)c1cc([N+](=O)[O-])cc([N+](=O)[O-])c1N. The smallest absolute Gasteiger partial charge is 0.340 e. The molecule has 102 valence electrons. The minimum Gasteiger partial charge on any atom is -0.462 e. The second-order valence-electron chi connectivity index (χ2n) is 3.58. The van der Waals surface area contributed by atoms with Crippen LogP contribution in [0.5, 0.6) is 0 Å². The standard InChI is InChI=1S/C10H11N3O6/c1-2-3-19-10(14)7-4-6(12(15)16)5-8(9(7)11)13(17)18/h4-5H,2-3,11H2,1H3. The molecule has 0 saturated heterocycles.